The predicted molar refractivity (Wildman–Crippen MR) is 59.1 cm³/mol. The molecule has 1 aliphatic rings. The Morgan fingerprint density at radius 2 is 2.07 bits per heavy atom. The molecule has 76 valence electrons. The number of halogens is 1. The van der Waals surface area contributed by atoms with Gasteiger partial charge in [0.1, 0.15) is 0 Å². The SMILES string of the molecule is C[C@@H]1COCCN1c1ccc(Cl)cc1. The lowest BCUT2D eigenvalue weighted by molar-refractivity contribution is 0.0989. The molecule has 1 aromatic carbocycles. The van der Waals surface area contributed by atoms with Crippen LogP contribution in [0.5, 0.6) is 0 Å². The fourth-order valence-electron chi connectivity index (χ4n) is 1.74. The van der Waals surface area contributed by atoms with Crippen LogP contribution in [-0.2, 0) is 4.74 Å². The van der Waals surface area contributed by atoms with Crippen LogP contribution in [0.25, 0.3) is 0 Å². The lowest BCUT2D eigenvalue weighted by atomic mass is 10.2. The smallest absolute Gasteiger partial charge is 0.0668 e. The van der Waals surface area contributed by atoms with E-state index in [-0.39, 0.29) is 0 Å². The quantitative estimate of drug-likeness (QED) is 0.708. The molecule has 0 radical (unpaired) electrons. The largest absolute Gasteiger partial charge is 0.377 e. The Labute approximate surface area is 89.4 Å². The van der Waals surface area contributed by atoms with Crippen molar-refractivity contribution < 1.29 is 4.74 Å². The van der Waals surface area contributed by atoms with Crippen molar-refractivity contribution in [3.05, 3.63) is 29.3 Å². The van der Waals surface area contributed by atoms with E-state index in [1.54, 1.807) is 0 Å². The zero-order valence-electron chi connectivity index (χ0n) is 8.24. The summed E-state index contributed by atoms with van der Waals surface area (Å²) in [5, 5.41) is 0.787. The van der Waals surface area contributed by atoms with Gasteiger partial charge in [0.2, 0.25) is 0 Å². The van der Waals surface area contributed by atoms with Crippen molar-refractivity contribution >= 4 is 17.3 Å². The first-order valence-corrected chi connectivity index (χ1v) is 5.25. The van der Waals surface area contributed by atoms with E-state index < -0.39 is 0 Å². The molecule has 1 aromatic rings. The number of hydrogen-bond donors (Lipinski definition) is 0. The number of benzene rings is 1. The van der Waals surface area contributed by atoms with Crippen LogP contribution in [-0.4, -0.2) is 25.8 Å². The number of ether oxygens (including phenoxy) is 1. The van der Waals surface area contributed by atoms with E-state index in [0.717, 1.165) is 24.8 Å². The van der Waals surface area contributed by atoms with E-state index in [1.807, 2.05) is 12.1 Å². The van der Waals surface area contributed by atoms with Gasteiger partial charge in [-0.2, -0.15) is 0 Å². The number of morpholine rings is 1. The number of hydrogen-bond acceptors (Lipinski definition) is 2. The fraction of sp³-hybridized carbons (Fsp3) is 0.455. The molecular formula is C11H14ClNO. The van der Waals surface area contributed by atoms with Crippen LogP contribution in [0.1, 0.15) is 6.92 Å². The standard InChI is InChI=1S/C11H14ClNO/c1-9-8-14-7-6-13(9)11-4-2-10(12)3-5-11/h2-5,9H,6-8H2,1H3/t9-/m1/s1. The van der Waals surface area contributed by atoms with Gasteiger partial charge in [0.05, 0.1) is 13.2 Å². The summed E-state index contributed by atoms with van der Waals surface area (Å²) in [5.74, 6) is 0. The van der Waals surface area contributed by atoms with E-state index in [2.05, 4.69) is 24.0 Å². The van der Waals surface area contributed by atoms with E-state index in [0.29, 0.717) is 6.04 Å². The van der Waals surface area contributed by atoms with Crippen LogP contribution < -0.4 is 4.90 Å². The third-order valence-electron chi connectivity index (χ3n) is 2.53. The minimum Gasteiger partial charge on any atom is -0.377 e. The molecule has 0 spiro atoms. The van der Waals surface area contributed by atoms with E-state index >= 15 is 0 Å². The summed E-state index contributed by atoms with van der Waals surface area (Å²) in [5.41, 5.74) is 1.23. The Balaban J connectivity index is 2.16. The van der Waals surface area contributed by atoms with Crippen LogP contribution in [0.3, 0.4) is 0 Å². The van der Waals surface area contributed by atoms with Crippen molar-refractivity contribution in [3.8, 4) is 0 Å². The Kier molecular flexibility index (Phi) is 2.94. The molecule has 2 nitrogen and oxygen atoms in total. The fourth-order valence-corrected chi connectivity index (χ4v) is 1.87. The molecule has 1 aliphatic heterocycles. The minimum atomic E-state index is 0.449. The van der Waals surface area contributed by atoms with Gasteiger partial charge in [-0.15, -0.1) is 0 Å². The number of rotatable bonds is 1. The highest BCUT2D eigenvalue weighted by Gasteiger charge is 2.18. The molecule has 0 amide bonds. The molecular weight excluding hydrogens is 198 g/mol. The lowest BCUT2D eigenvalue weighted by Gasteiger charge is -2.35. The van der Waals surface area contributed by atoms with Gasteiger partial charge in [-0.05, 0) is 31.2 Å². The number of anilines is 1. The van der Waals surface area contributed by atoms with Crippen LogP contribution >= 0.6 is 11.6 Å². The summed E-state index contributed by atoms with van der Waals surface area (Å²) in [7, 11) is 0. The molecule has 0 saturated carbocycles. The predicted octanol–water partition coefficient (Wildman–Crippen LogP) is 2.57. The molecule has 1 heterocycles. The topological polar surface area (TPSA) is 12.5 Å². The molecule has 0 bridgehead atoms. The van der Waals surface area contributed by atoms with Crippen molar-refractivity contribution in [3.63, 3.8) is 0 Å². The maximum Gasteiger partial charge on any atom is 0.0668 e. The van der Waals surface area contributed by atoms with Crippen LogP contribution in [0.4, 0.5) is 5.69 Å². The maximum absolute atomic E-state index is 5.84. The van der Waals surface area contributed by atoms with Gasteiger partial charge < -0.3 is 9.64 Å². The van der Waals surface area contributed by atoms with Crippen molar-refractivity contribution in [2.45, 2.75) is 13.0 Å². The second-order valence-electron chi connectivity index (χ2n) is 3.59. The molecule has 0 unspecified atom stereocenters. The summed E-state index contributed by atoms with van der Waals surface area (Å²) >= 11 is 5.84. The summed E-state index contributed by atoms with van der Waals surface area (Å²) in [6.07, 6.45) is 0. The highest BCUT2D eigenvalue weighted by atomic mass is 35.5. The van der Waals surface area contributed by atoms with E-state index in [9.17, 15) is 0 Å². The Morgan fingerprint density at radius 1 is 1.36 bits per heavy atom. The van der Waals surface area contributed by atoms with Crippen LogP contribution in [0.15, 0.2) is 24.3 Å². The van der Waals surface area contributed by atoms with Gasteiger partial charge >= 0.3 is 0 Å². The summed E-state index contributed by atoms with van der Waals surface area (Å²) in [6, 6.07) is 8.43. The maximum atomic E-state index is 5.84. The first-order chi connectivity index (χ1) is 6.77. The molecule has 1 saturated heterocycles. The number of nitrogens with zero attached hydrogens (tertiary/aromatic N) is 1. The van der Waals surface area contributed by atoms with Gasteiger partial charge in [0.25, 0.3) is 0 Å². The third kappa shape index (κ3) is 2.02. The van der Waals surface area contributed by atoms with Gasteiger partial charge in [0, 0.05) is 23.3 Å². The zero-order valence-corrected chi connectivity index (χ0v) is 9.00. The van der Waals surface area contributed by atoms with Crippen molar-refractivity contribution in [2.24, 2.45) is 0 Å². The summed E-state index contributed by atoms with van der Waals surface area (Å²) in [4.78, 5) is 2.35. The third-order valence-corrected chi connectivity index (χ3v) is 2.78. The van der Waals surface area contributed by atoms with Gasteiger partial charge in [-0.3, -0.25) is 0 Å². The first kappa shape index (κ1) is 9.81. The highest BCUT2D eigenvalue weighted by Crippen LogP contribution is 2.21. The molecule has 3 heteroatoms. The zero-order chi connectivity index (χ0) is 9.97. The normalized spacial score (nSPS) is 22.4. The molecule has 2 rings (SSSR count). The molecule has 14 heavy (non-hydrogen) atoms. The van der Waals surface area contributed by atoms with Gasteiger partial charge in [0.15, 0.2) is 0 Å². The highest BCUT2D eigenvalue weighted by molar-refractivity contribution is 6.30. The Hall–Kier alpha value is -0.730. The van der Waals surface area contributed by atoms with E-state index in [1.165, 1.54) is 5.69 Å². The van der Waals surface area contributed by atoms with E-state index in [4.69, 9.17) is 16.3 Å². The Bertz CT molecular complexity index is 299. The van der Waals surface area contributed by atoms with Gasteiger partial charge in [-0.1, -0.05) is 11.6 Å². The first-order valence-electron chi connectivity index (χ1n) is 4.87. The molecule has 0 N–H and O–H groups in total. The molecule has 1 atom stereocenters. The molecule has 0 aliphatic carbocycles. The molecule has 0 aromatic heterocycles. The minimum absolute atomic E-state index is 0.449. The monoisotopic (exact) mass is 211 g/mol. The van der Waals surface area contributed by atoms with Crippen LogP contribution in [0, 0.1) is 0 Å². The van der Waals surface area contributed by atoms with Crippen molar-refractivity contribution in [1.82, 2.24) is 0 Å². The Morgan fingerprint density at radius 3 is 2.71 bits per heavy atom. The van der Waals surface area contributed by atoms with Crippen molar-refractivity contribution in [1.29, 1.82) is 0 Å². The average molecular weight is 212 g/mol. The lowest BCUT2D eigenvalue weighted by Crippen LogP contribution is -2.43. The second kappa shape index (κ2) is 4.20. The van der Waals surface area contributed by atoms with Crippen LogP contribution in [0.2, 0.25) is 5.02 Å². The summed E-state index contributed by atoms with van der Waals surface area (Å²) < 4.78 is 5.39. The van der Waals surface area contributed by atoms with Gasteiger partial charge in [-0.25, -0.2) is 0 Å². The van der Waals surface area contributed by atoms with Crippen molar-refractivity contribution in [2.75, 3.05) is 24.7 Å². The summed E-state index contributed by atoms with van der Waals surface area (Å²) in [6.45, 7) is 4.76. The molecule has 1 fully saturated rings. The average Bonchev–Trinajstić information content (AvgIpc) is 2.20. The second-order valence-corrected chi connectivity index (χ2v) is 4.03.